The molecule has 0 aliphatic carbocycles. The number of aryl methyl sites for hydroxylation is 1. The minimum absolute atomic E-state index is 0. The molecule has 20 heavy (non-hydrogen) atoms. The Morgan fingerprint density at radius 2 is 1.85 bits per heavy atom. The van der Waals surface area contributed by atoms with E-state index in [0.29, 0.717) is 6.54 Å². The number of amides is 2. The Labute approximate surface area is 125 Å². The Bertz CT molecular complexity index is 448. The van der Waals surface area contributed by atoms with Gasteiger partial charge in [-0.25, -0.2) is 0 Å². The molecule has 1 unspecified atom stereocenters. The highest BCUT2D eigenvalue weighted by molar-refractivity contribution is 5.85. The molecule has 1 aromatic carbocycles. The average Bonchev–Trinajstić information content (AvgIpc) is 2.43. The average molecular weight is 300 g/mol. The van der Waals surface area contributed by atoms with E-state index < -0.39 is 6.04 Å². The van der Waals surface area contributed by atoms with Crippen LogP contribution in [0.3, 0.4) is 0 Å². The zero-order valence-electron chi connectivity index (χ0n) is 12.1. The van der Waals surface area contributed by atoms with Crippen LogP contribution in [0, 0.1) is 6.92 Å². The van der Waals surface area contributed by atoms with Gasteiger partial charge >= 0.3 is 0 Å². The van der Waals surface area contributed by atoms with E-state index in [-0.39, 0.29) is 30.6 Å². The van der Waals surface area contributed by atoms with Gasteiger partial charge in [0.15, 0.2) is 0 Å². The summed E-state index contributed by atoms with van der Waals surface area (Å²) >= 11 is 0. The first-order valence-corrected chi connectivity index (χ1v) is 6.23. The van der Waals surface area contributed by atoms with Crippen LogP contribution in [0.2, 0.25) is 0 Å². The van der Waals surface area contributed by atoms with Gasteiger partial charge in [-0.2, -0.15) is 0 Å². The van der Waals surface area contributed by atoms with E-state index in [1.54, 1.807) is 14.1 Å². The van der Waals surface area contributed by atoms with E-state index in [2.05, 4.69) is 5.32 Å². The van der Waals surface area contributed by atoms with Gasteiger partial charge in [0.05, 0.1) is 0 Å². The van der Waals surface area contributed by atoms with Gasteiger partial charge in [-0.3, -0.25) is 9.59 Å². The van der Waals surface area contributed by atoms with Gasteiger partial charge in [0.25, 0.3) is 0 Å². The Morgan fingerprint density at radius 1 is 1.30 bits per heavy atom. The lowest BCUT2D eigenvalue weighted by Crippen LogP contribution is -2.37. The summed E-state index contributed by atoms with van der Waals surface area (Å²) in [5.41, 5.74) is 7.84. The molecule has 0 heterocycles. The third-order valence-corrected chi connectivity index (χ3v) is 3.03. The molecule has 3 N–H and O–H groups in total. The number of halogens is 1. The zero-order valence-corrected chi connectivity index (χ0v) is 12.9. The molecule has 6 heteroatoms. The maximum atomic E-state index is 12.1. The van der Waals surface area contributed by atoms with Gasteiger partial charge in [-0.05, 0) is 12.5 Å². The molecule has 0 saturated carbocycles. The Kier molecular flexibility index (Phi) is 7.87. The normalized spacial score (nSPS) is 11.2. The molecule has 0 aliphatic heterocycles. The van der Waals surface area contributed by atoms with Gasteiger partial charge in [-0.15, -0.1) is 12.4 Å². The van der Waals surface area contributed by atoms with Crippen molar-refractivity contribution in [2.75, 3.05) is 20.6 Å². The van der Waals surface area contributed by atoms with E-state index in [4.69, 9.17) is 5.73 Å². The highest BCUT2D eigenvalue weighted by Gasteiger charge is 2.19. The third-order valence-electron chi connectivity index (χ3n) is 3.03. The van der Waals surface area contributed by atoms with Crippen LogP contribution in [-0.4, -0.2) is 37.4 Å². The number of hydrogen-bond acceptors (Lipinski definition) is 3. The number of likely N-dealkylation sites (N-methyl/N-ethyl adjacent to an activating group) is 1. The lowest BCUT2D eigenvalue weighted by molar-refractivity contribution is -0.132. The van der Waals surface area contributed by atoms with Crippen LogP contribution in [0.15, 0.2) is 24.3 Å². The summed E-state index contributed by atoms with van der Waals surface area (Å²) in [6, 6.07) is 6.87. The van der Waals surface area contributed by atoms with Gasteiger partial charge in [0, 0.05) is 27.1 Å². The smallest absolute Gasteiger partial charge is 0.243 e. The summed E-state index contributed by atoms with van der Waals surface area (Å²) in [5.74, 6) is -0.281. The molecule has 0 spiro atoms. The summed E-state index contributed by atoms with van der Waals surface area (Å²) in [6.45, 7) is 2.34. The molecular formula is C14H22ClN3O2. The van der Waals surface area contributed by atoms with Crippen LogP contribution < -0.4 is 11.1 Å². The summed E-state index contributed by atoms with van der Waals surface area (Å²) in [6.07, 6.45) is 0.277. The number of hydrogen-bond donors (Lipinski definition) is 2. The molecular weight excluding hydrogens is 278 g/mol. The number of nitrogens with one attached hydrogen (secondary N) is 1. The van der Waals surface area contributed by atoms with Crippen molar-refractivity contribution >= 4 is 24.2 Å². The standard InChI is InChI=1S/C14H21N3O2.ClH/c1-10-4-6-11(7-5-10)13(15)14(19)17(3)9-8-12(18)16-2;/h4-7,13H,8-9,15H2,1-3H3,(H,16,18);1H. The first-order chi connectivity index (χ1) is 8.95. The highest BCUT2D eigenvalue weighted by Crippen LogP contribution is 2.13. The van der Waals surface area contributed by atoms with Crippen LogP contribution in [0.1, 0.15) is 23.6 Å². The predicted octanol–water partition coefficient (Wildman–Crippen LogP) is 1.01. The number of nitrogens with two attached hydrogens (primary N) is 1. The van der Waals surface area contributed by atoms with E-state index in [1.807, 2.05) is 31.2 Å². The SMILES string of the molecule is CNC(=O)CCN(C)C(=O)C(N)c1ccc(C)cc1.Cl. The van der Waals surface area contributed by atoms with Crippen molar-refractivity contribution < 1.29 is 9.59 Å². The minimum Gasteiger partial charge on any atom is -0.359 e. The number of carbonyl (C=O) groups is 2. The molecule has 112 valence electrons. The second-order valence-corrected chi connectivity index (χ2v) is 4.57. The molecule has 1 atom stereocenters. The molecule has 0 radical (unpaired) electrons. The van der Waals surface area contributed by atoms with Crippen molar-refractivity contribution in [3.8, 4) is 0 Å². The van der Waals surface area contributed by atoms with Gasteiger partial charge in [0.2, 0.25) is 11.8 Å². The van der Waals surface area contributed by atoms with E-state index in [0.717, 1.165) is 11.1 Å². The van der Waals surface area contributed by atoms with Crippen molar-refractivity contribution in [1.29, 1.82) is 0 Å². The van der Waals surface area contributed by atoms with Crippen molar-refractivity contribution in [2.45, 2.75) is 19.4 Å². The fourth-order valence-electron chi connectivity index (χ4n) is 1.66. The van der Waals surface area contributed by atoms with E-state index in [1.165, 1.54) is 4.90 Å². The molecule has 0 aliphatic rings. The fourth-order valence-corrected chi connectivity index (χ4v) is 1.66. The van der Waals surface area contributed by atoms with E-state index in [9.17, 15) is 9.59 Å². The largest absolute Gasteiger partial charge is 0.359 e. The molecule has 0 saturated heterocycles. The monoisotopic (exact) mass is 299 g/mol. The summed E-state index contributed by atoms with van der Waals surface area (Å²) in [7, 11) is 3.22. The van der Waals surface area contributed by atoms with Crippen LogP contribution >= 0.6 is 12.4 Å². The number of nitrogens with zero attached hydrogens (tertiary/aromatic N) is 1. The first kappa shape index (κ1) is 18.4. The minimum atomic E-state index is -0.685. The van der Waals surface area contributed by atoms with Crippen LogP contribution in [0.4, 0.5) is 0 Å². The maximum Gasteiger partial charge on any atom is 0.243 e. The second kappa shape index (κ2) is 8.55. The van der Waals surface area contributed by atoms with Crippen LogP contribution in [0.25, 0.3) is 0 Å². The molecule has 0 bridgehead atoms. The van der Waals surface area contributed by atoms with Crippen LogP contribution in [0.5, 0.6) is 0 Å². The highest BCUT2D eigenvalue weighted by atomic mass is 35.5. The Balaban J connectivity index is 0.00000361. The predicted molar refractivity (Wildman–Crippen MR) is 81.7 cm³/mol. The van der Waals surface area contributed by atoms with Crippen LogP contribution in [-0.2, 0) is 9.59 Å². The molecule has 5 nitrogen and oxygen atoms in total. The fraction of sp³-hybridized carbons (Fsp3) is 0.429. The third kappa shape index (κ3) is 5.19. The molecule has 0 fully saturated rings. The molecule has 1 rings (SSSR count). The number of carbonyl (C=O) groups excluding carboxylic acids is 2. The van der Waals surface area contributed by atoms with Crippen molar-refractivity contribution in [3.63, 3.8) is 0 Å². The van der Waals surface area contributed by atoms with Gasteiger partial charge in [-0.1, -0.05) is 29.8 Å². The second-order valence-electron chi connectivity index (χ2n) is 4.57. The molecule has 2 amide bonds. The maximum absolute atomic E-state index is 12.1. The lowest BCUT2D eigenvalue weighted by atomic mass is 10.0. The van der Waals surface area contributed by atoms with E-state index >= 15 is 0 Å². The van der Waals surface area contributed by atoms with Gasteiger partial charge < -0.3 is 16.0 Å². The first-order valence-electron chi connectivity index (χ1n) is 6.23. The number of benzene rings is 1. The Morgan fingerprint density at radius 3 is 2.35 bits per heavy atom. The van der Waals surface area contributed by atoms with Crippen molar-refractivity contribution in [3.05, 3.63) is 35.4 Å². The molecule has 1 aromatic rings. The van der Waals surface area contributed by atoms with Gasteiger partial charge in [0.1, 0.15) is 6.04 Å². The van der Waals surface area contributed by atoms with Crippen molar-refractivity contribution in [2.24, 2.45) is 5.73 Å². The number of rotatable bonds is 5. The summed E-state index contributed by atoms with van der Waals surface area (Å²) in [4.78, 5) is 24.7. The van der Waals surface area contributed by atoms with Crippen molar-refractivity contribution in [1.82, 2.24) is 10.2 Å². The topological polar surface area (TPSA) is 75.4 Å². The molecule has 0 aromatic heterocycles. The lowest BCUT2D eigenvalue weighted by Gasteiger charge is -2.21. The summed E-state index contributed by atoms with van der Waals surface area (Å²) in [5, 5.41) is 2.52. The zero-order chi connectivity index (χ0) is 14.4. The summed E-state index contributed by atoms with van der Waals surface area (Å²) < 4.78 is 0. The quantitative estimate of drug-likeness (QED) is 0.852. The Hall–Kier alpha value is -1.59.